The number of hydrogen-bond donors (Lipinski definition) is 1. The van der Waals surface area contributed by atoms with E-state index in [0.717, 1.165) is 11.4 Å². The number of ether oxygens (including phenoxy) is 1. The van der Waals surface area contributed by atoms with Crippen LogP contribution in [-0.4, -0.2) is 13.7 Å². The van der Waals surface area contributed by atoms with Crippen LogP contribution in [0.4, 0.5) is 5.69 Å². The highest BCUT2D eigenvalue weighted by Gasteiger charge is 2.01. The van der Waals surface area contributed by atoms with E-state index in [-0.39, 0.29) is 0 Å². The van der Waals surface area contributed by atoms with E-state index in [9.17, 15) is 0 Å². The molecule has 0 aliphatic carbocycles. The quantitative estimate of drug-likeness (QED) is 0.750. The maximum atomic E-state index is 5.83. The summed E-state index contributed by atoms with van der Waals surface area (Å²) < 4.78 is 5.14. The molecule has 1 aromatic carbocycles. The molecule has 0 amide bonds. The fraction of sp³-hybridized carbons (Fsp3) is 0.200. The minimum Gasteiger partial charge on any atom is -0.495 e. The lowest BCUT2D eigenvalue weighted by atomic mass is 10.3. The largest absolute Gasteiger partial charge is 0.495 e. The van der Waals surface area contributed by atoms with Crippen molar-refractivity contribution in [2.24, 2.45) is 0 Å². The fourth-order valence-electron chi connectivity index (χ4n) is 1.00. The Morgan fingerprint density at radius 2 is 2.38 bits per heavy atom. The van der Waals surface area contributed by atoms with Crippen LogP contribution >= 0.6 is 11.6 Å². The van der Waals surface area contributed by atoms with Crippen molar-refractivity contribution in [3.63, 3.8) is 0 Å². The van der Waals surface area contributed by atoms with Gasteiger partial charge in [0.2, 0.25) is 0 Å². The second-order valence-corrected chi connectivity index (χ2v) is 2.95. The lowest BCUT2D eigenvalue weighted by molar-refractivity contribution is 0.416. The zero-order valence-corrected chi connectivity index (χ0v) is 8.27. The summed E-state index contributed by atoms with van der Waals surface area (Å²) in [5.41, 5.74) is 0.884. The number of rotatable bonds is 4. The van der Waals surface area contributed by atoms with E-state index in [4.69, 9.17) is 16.3 Å². The smallest absolute Gasteiger partial charge is 0.142 e. The van der Waals surface area contributed by atoms with Crippen LogP contribution in [0.3, 0.4) is 0 Å². The Morgan fingerprint density at radius 1 is 1.62 bits per heavy atom. The lowest BCUT2D eigenvalue weighted by Crippen LogP contribution is -1.99. The van der Waals surface area contributed by atoms with Crippen molar-refractivity contribution >= 4 is 17.3 Å². The fourth-order valence-corrected chi connectivity index (χ4v) is 1.17. The van der Waals surface area contributed by atoms with Gasteiger partial charge in [-0.2, -0.15) is 0 Å². The summed E-state index contributed by atoms with van der Waals surface area (Å²) >= 11 is 5.83. The van der Waals surface area contributed by atoms with Crippen molar-refractivity contribution in [2.45, 2.75) is 0 Å². The normalized spacial score (nSPS) is 9.38. The number of anilines is 1. The molecule has 13 heavy (non-hydrogen) atoms. The van der Waals surface area contributed by atoms with E-state index in [1.54, 1.807) is 19.3 Å². The summed E-state index contributed by atoms with van der Waals surface area (Å²) in [6.07, 6.45) is 1.78. The van der Waals surface area contributed by atoms with Gasteiger partial charge in [0.25, 0.3) is 0 Å². The third-order valence-corrected chi connectivity index (χ3v) is 1.83. The number of nitrogens with one attached hydrogen (secondary N) is 1. The maximum absolute atomic E-state index is 5.83. The minimum absolute atomic E-state index is 0.687. The molecule has 70 valence electrons. The number of benzene rings is 1. The van der Waals surface area contributed by atoms with Crippen LogP contribution in [0.25, 0.3) is 0 Å². The monoisotopic (exact) mass is 197 g/mol. The first-order chi connectivity index (χ1) is 6.27. The number of methoxy groups -OCH3 is 1. The summed E-state index contributed by atoms with van der Waals surface area (Å²) in [5, 5.41) is 3.81. The standard InChI is InChI=1S/C10H12ClNO/c1-3-6-12-9-7-8(11)4-5-10(9)13-2/h3-5,7,12H,1,6H2,2H3. The maximum Gasteiger partial charge on any atom is 0.142 e. The van der Waals surface area contributed by atoms with Gasteiger partial charge in [-0.25, -0.2) is 0 Å². The van der Waals surface area contributed by atoms with Crippen LogP contribution < -0.4 is 10.1 Å². The van der Waals surface area contributed by atoms with Crippen molar-refractivity contribution in [3.8, 4) is 5.75 Å². The van der Waals surface area contributed by atoms with Crippen molar-refractivity contribution in [1.29, 1.82) is 0 Å². The zero-order valence-electron chi connectivity index (χ0n) is 7.51. The zero-order chi connectivity index (χ0) is 9.68. The van der Waals surface area contributed by atoms with Gasteiger partial charge in [-0.3, -0.25) is 0 Å². The first-order valence-electron chi connectivity index (χ1n) is 3.96. The van der Waals surface area contributed by atoms with E-state index < -0.39 is 0 Å². The van der Waals surface area contributed by atoms with Crippen LogP contribution in [-0.2, 0) is 0 Å². The van der Waals surface area contributed by atoms with Gasteiger partial charge in [-0.05, 0) is 18.2 Å². The summed E-state index contributed by atoms with van der Waals surface area (Å²) in [6.45, 7) is 4.31. The Balaban J connectivity index is 2.87. The molecule has 1 N–H and O–H groups in total. The first-order valence-corrected chi connectivity index (χ1v) is 4.34. The molecule has 3 heteroatoms. The average Bonchev–Trinajstić information content (AvgIpc) is 2.15. The molecule has 0 aliphatic rings. The second-order valence-electron chi connectivity index (χ2n) is 2.51. The molecule has 0 unspecified atom stereocenters. The predicted octanol–water partition coefficient (Wildman–Crippen LogP) is 2.95. The molecule has 0 saturated heterocycles. The first kappa shape index (κ1) is 9.93. The molecule has 0 bridgehead atoms. The van der Waals surface area contributed by atoms with E-state index in [2.05, 4.69) is 11.9 Å². The van der Waals surface area contributed by atoms with Gasteiger partial charge in [0, 0.05) is 11.6 Å². The van der Waals surface area contributed by atoms with Crippen LogP contribution in [0.5, 0.6) is 5.75 Å². The molecule has 0 atom stereocenters. The van der Waals surface area contributed by atoms with Gasteiger partial charge in [-0.15, -0.1) is 6.58 Å². The summed E-state index contributed by atoms with van der Waals surface area (Å²) in [6, 6.07) is 5.44. The van der Waals surface area contributed by atoms with Gasteiger partial charge >= 0.3 is 0 Å². The van der Waals surface area contributed by atoms with Gasteiger partial charge < -0.3 is 10.1 Å². The number of hydrogen-bond acceptors (Lipinski definition) is 2. The molecule has 2 nitrogen and oxygen atoms in total. The predicted molar refractivity (Wildman–Crippen MR) is 56.7 cm³/mol. The molecule has 0 aliphatic heterocycles. The molecular weight excluding hydrogens is 186 g/mol. The third-order valence-electron chi connectivity index (χ3n) is 1.60. The Hall–Kier alpha value is -1.15. The van der Waals surface area contributed by atoms with Crippen molar-refractivity contribution < 1.29 is 4.74 Å². The SMILES string of the molecule is C=CCNc1cc(Cl)ccc1OC. The van der Waals surface area contributed by atoms with Crippen LogP contribution in [0, 0.1) is 0 Å². The molecule has 0 spiro atoms. The Labute approximate surface area is 83.2 Å². The van der Waals surface area contributed by atoms with E-state index >= 15 is 0 Å². The van der Waals surface area contributed by atoms with Crippen molar-refractivity contribution in [2.75, 3.05) is 19.0 Å². The Morgan fingerprint density at radius 3 is 3.00 bits per heavy atom. The Kier molecular flexibility index (Phi) is 3.65. The highest BCUT2D eigenvalue weighted by atomic mass is 35.5. The van der Waals surface area contributed by atoms with Crippen LogP contribution in [0.1, 0.15) is 0 Å². The molecule has 1 rings (SSSR count). The summed E-state index contributed by atoms with van der Waals surface area (Å²) in [7, 11) is 1.63. The molecule has 0 radical (unpaired) electrons. The van der Waals surface area contributed by atoms with E-state index in [1.807, 2.05) is 12.1 Å². The number of halogens is 1. The highest BCUT2D eigenvalue weighted by molar-refractivity contribution is 6.30. The van der Waals surface area contributed by atoms with Crippen LogP contribution in [0.2, 0.25) is 5.02 Å². The van der Waals surface area contributed by atoms with Gasteiger partial charge in [-0.1, -0.05) is 17.7 Å². The topological polar surface area (TPSA) is 21.3 Å². The third kappa shape index (κ3) is 2.67. The molecule has 1 aromatic rings. The van der Waals surface area contributed by atoms with Gasteiger partial charge in [0.1, 0.15) is 5.75 Å². The Bertz CT molecular complexity index is 299. The lowest BCUT2D eigenvalue weighted by Gasteiger charge is -2.09. The molecule has 0 saturated carbocycles. The molecular formula is C10H12ClNO. The minimum atomic E-state index is 0.687. The summed E-state index contributed by atoms with van der Waals surface area (Å²) in [5.74, 6) is 0.784. The molecule has 0 heterocycles. The molecule has 0 fully saturated rings. The van der Waals surface area contributed by atoms with E-state index in [0.29, 0.717) is 11.6 Å². The van der Waals surface area contributed by atoms with Crippen molar-refractivity contribution in [1.82, 2.24) is 0 Å². The second kappa shape index (κ2) is 4.77. The highest BCUT2D eigenvalue weighted by Crippen LogP contribution is 2.27. The van der Waals surface area contributed by atoms with Gasteiger partial charge in [0.15, 0.2) is 0 Å². The van der Waals surface area contributed by atoms with Crippen molar-refractivity contribution in [3.05, 3.63) is 35.9 Å². The summed E-state index contributed by atoms with van der Waals surface area (Å²) in [4.78, 5) is 0. The van der Waals surface area contributed by atoms with Gasteiger partial charge in [0.05, 0.1) is 12.8 Å². The van der Waals surface area contributed by atoms with E-state index in [1.165, 1.54) is 0 Å². The average molecular weight is 198 g/mol. The van der Waals surface area contributed by atoms with Crippen LogP contribution in [0.15, 0.2) is 30.9 Å². The molecule has 0 aromatic heterocycles.